The zero-order valence-corrected chi connectivity index (χ0v) is 16.3. The summed E-state index contributed by atoms with van der Waals surface area (Å²) in [6.45, 7) is 5.95. The zero-order valence-electron chi connectivity index (χ0n) is 12.5. The Bertz CT molecular complexity index is 458. The number of benzene rings is 1. The average Bonchev–Trinajstić information content (AvgIpc) is 2.38. The molecule has 2 N–H and O–H groups in total. The van der Waals surface area contributed by atoms with E-state index in [1.165, 1.54) is 0 Å². The van der Waals surface area contributed by atoms with Gasteiger partial charge in [0, 0.05) is 29.7 Å². The van der Waals surface area contributed by atoms with Gasteiger partial charge in [-0.05, 0) is 31.5 Å². The summed E-state index contributed by atoms with van der Waals surface area (Å²) in [5.41, 5.74) is 0.938. The quantitative estimate of drug-likeness (QED) is 0.398. The van der Waals surface area contributed by atoms with Crippen LogP contribution in [0.25, 0.3) is 0 Å². The molecule has 1 rings (SSSR count). The second kappa shape index (κ2) is 11.3. The molecule has 7 heteroatoms. The van der Waals surface area contributed by atoms with Crippen molar-refractivity contribution in [2.24, 2.45) is 4.99 Å². The highest BCUT2D eigenvalue weighted by atomic mass is 127. The second-order valence-corrected chi connectivity index (χ2v) is 5.28. The monoisotopic (exact) mass is 445 g/mol. The number of nitrogens with one attached hydrogen (secondary N) is 2. The molecule has 0 radical (unpaired) electrons. The highest BCUT2D eigenvalue weighted by molar-refractivity contribution is 14.0. The number of nitrogens with zero attached hydrogens (tertiary/aromatic N) is 1. The highest BCUT2D eigenvalue weighted by Crippen LogP contribution is 2.21. The van der Waals surface area contributed by atoms with Crippen LogP contribution in [0.15, 0.2) is 23.2 Å². The highest BCUT2D eigenvalue weighted by Gasteiger charge is 2.05. The fourth-order valence-corrected chi connectivity index (χ4v) is 2.13. The molecule has 0 aromatic heterocycles. The summed E-state index contributed by atoms with van der Waals surface area (Å²) in [4.78, 5) is 4.51. The molecule has 1 unspecified atom stereocenters. The first kappa shape index (κ1) is 20.8. The summed E-state index contributed by atoms with van der Waals surface area (Å²) in [6, 6.07) is 5.60. The number of halogens is 3. The van der Waals surface area contributed by atoms with E-state index < -0.39 is 0 Å². The third kappa shape index (κ3) is 8.09. The van der Waals surface area contributed by atoms with E-state index in [0.717, 1.165) is 18.1 Å². The Hall–Kier alpha value is -0.240. The van der Waals surface area contributed by atoms with Crippen LogP contribution in [0.5, 0.6) is 0 Å². The van der Waals surface area contributed by atoms with E-state index in [9.17, 15) is 0 Å². The minimum absolute atomic E-state index is 0. The Morgan fingerprint density at radius 1 is 1.38 bits per heavy atom. The first-order valence-corrected chi connectivity index (χ1v) is 7.30. The predicted octanol–water partition coefficient (Wildman–Crippen LogP) is 3.70. The Kier molecular flexibility index (Phi) is 11.2. The standard InChI is InChI=1S/C14H21Cl2N3O.HI/c1-4-17-14(19-10(2)9-20-3)18-8-11-5-6-12(15)7-13(11)16;/h5-7,10H,4,8-9H2,1-3H3,(H2,17,18,19);1H. The molecular weight excluding hydrogens is 424 g/mol. The Morgan fingerprint density at radius 2 is 2.10 bits per heavy atom. The van der Waals surface area contributed by atoms with E-state index in [1.54, 1.807) is 13.2 Å². The third-order valence-electron chi connectivity index (χ3n) is 2.57. The number of ether oxygens (including phenoxy) is 1. The number of rotatable bonds is 6. The Balaban J connectivity index is 0.00000400. The van der Waals surface area contributed by atoms with Gasteiger partial charge in [-0.3, -0.25) is 0 Å². The fourth-order valence-electron chi connectivity index (χ4n) is 1.66. The van der Waals surface area contributed by atoms with Crippen LogP contribution in [0.1, 0.15) is 19.4 Å². The third-order valence-corrected chi connectivity index (χ3v) is 3.15. The van der Waals surface area contributed by atoms with Crippen LogP contribution in [0.4, 0.5) is 0 Å². The van der Waals surface area contributed by atoms with Crippen molar-refractivity contribution in [1.82, 2.24) is 10.6 Å². The summed E-state index contributed by atoms with van der Waals surface area (Å²) in [7, 11) is 1.68. The van der Waals surface area contributed by atoms with E-state index in [4.69, 9.17) is 27.9 Å². The molecule has 1 atom stereocenters. The minimum atomic E-state index is 0. The molecule has 0 aliphatic rings. The fraction of sp³-hybridized carbons (Fsp3) is 0.500. The van der Waals surface area contributed by atoms with Gasteiger partial charge in [-0.15, -0.1) is 24.0 Å². The first-order chi connectivity index (χ1) is 9.56. The molecule has 0 heterocycles. The topological polar surface area (TPSA) is 45.7 Å². The lowest BCUT2D eigenvalue weighted by Crippen LogP contribution is -2.43. The minimum Gasteiger partial charge on any atom is -0.383 e. The van der Waals surface area contributed by atoms with Crippen LogP contribution in [0, 0.1) is 0 Å². The number of hydrogen-bond donors (Lipinski definition) is 2. The summed E-state index contributed by atoms with van der Waals surface area (Å²) in [5, 5.41) is 7.71. The normalized spacial score (nSPS) is 12.5. The summed E-state index contributed by atoms with van der Waals surface area (Å²) >= 11 is 12.0. The second-order valence-electron chi connectivity index (χ2n) is 4.43. The van der Waals surface area contributed by atoms with Gasteiger partial charge in [0.05, 0.1) is 13.2 Å². The van der Waals surface area contributed by atoms with Crippen molar-refractivity contribution in [3.05, 3.63) is 33.8 Å². The number of hydrogen-bond acceptors (Lipinski definition) is 2. The summed E-state index contributed by atoms with van der Waals surface area (Å²) in [6.07, 6.45) is 0. The van der Waals surface area contributed by atoms with Crippen LogP contribution >= 0.6 is 47.2 Å². The van der Waals surface area contributed by atoms with Crippen molar-refractivity contribution in [3.8, 4) is 0 Å². The van der Waals surface area contributed by atoms with Gasteiger partial charge in [-0.25, -0.2) is 4.99 Å². The van der Waals surface area contributed by atoms with Gasteiger partial charge < -0.3 is 15.4 Å². The number of methoxy groups -OCH3 is 1. The van der Waals surface area contributed by atoms with Crippen molar-refractivity contribution in [2.45, 2.75) is 26.4 Å². The lowest BCUT2D eigenvalue weighted by molar-refractivity contribution is 0.179. The lowest BCUT2D eigenvalue weighted by atomic mass is 10.2. The number of aliphatic imine (C=N–C) groups is 1. The Morgan fingerprint density at radius 3 is 2.67 bits per heavy atom. The molecule has 4 nitrogen and oxygen atoms in total. The largest absolute Gasteiger partial charge is 0.383 e. The maximum Gasteiger partial charge on any atom is 0.191 e. The molecule has 0 spiro atoms. The van der Waals surface area contributed by atoms with Gasteiger partial charge in [0.1, 0.15) is 0 Å². The van der Waals surface area contributed by atoms with Gasteiger partial charge in [-0.1, -0.05) is 29.3 Å². The first-order valence-electron chi connectivity index (χ1n) is 6.54. The van der Waals surface area contributed by atoms with Gasteiger partial charge in [0.15, 0.2) is 5.96 Å². The molecule has 1 aromatic carbocycles. The van der Waals surface area contributed by atoms with Gasteiger partial charge in [0.2, 0.25) is 0 Å². The molecule has 1 aromatic rings. The molecule has 0 bridgehead atoms. The molecule has 0 amide bonds. The van der Waals surface area contributed by atoms with Crippen LogP contribution in [0.2, 0.25) is 10.0 Å². The molecule has 120 valence electrons. The maximum atomic E-state index is 6.13. The van der Waals surface area contributed by atoms with Gasteiger partial charge in [0.25, 0.3) is 0 Å². The predicted molar refractivity (Wildman–Crippen MR) is 101 cm³/mol. The summed E-state index contributed by atoms with van der Waals surface area (Å²) < 4.78 is 5.10. The van der Waals surface area contributed by atoms with E-state index in [2.05, 4.69) is 15.6 Å². The van der Waals surface area contributed by atoms with Gasteiger partial charge in [-0.2, -0.15) is 0 Å². The SMILES string of the molecule is CCNC(=NCc1ccc(Cl)cc1Cl)NC(C)COC.I. The van der Waals surface area contributed by atoms with Crippen LogP contribution in [-0.2, 0) is 11.3 Å². The molecule has 0 aliphatic heterocycles. The zero-order chi connectivity index (χ0) is 15.0. The van der Waals surface area contributed by atoms with Crippen LogP contribution in [-0.4, -0.2) is 32.3 Å². The van der Waals surface area contributed by atoms with Crippen LogP contribution < -0.4 is 10.6 Å². The molecule has 0 saturated carbocycles. The lowest BCUT2D eigenvalue weighted by Gasteiger charge is -2.17. The van der Waals surface area contributed by atoms with Crippen LogP contribution in [0.3, 0.4) is 0 Å². The van der Waals surface area contributed by atoms with E-state index in [-0.39, 0.29) is 30.0 Å². The van der Waals surface area contributed by atoms with Crippen molar-refractivity contribution in [1.29, 1.82) is 0 Å². The van der Waals surface area contributed by atoms with Crippen molar-refractivity contribution >= 4 is 53.1 Å². The van der Waals surface area contributed by atoms with E-state index in [0.29, 0.717) is 23.2 Å². The van der Waals surface area contributed by atoms with Crippen molar-refractivity contribution < 1.29 is 4.74 Å². The van der Waals surface area contributed by atoms with E-state index in [1.807, 2.05) is 26.0 Å². The van der Waals surface area contributed by atoms with Gasteiger partial charge >= 0.3 is 0 Å². The van der Waals surface area contributed by atoms with E-state index >= 15 is 0 Å². The maximum absolute atomic E-state index is 6.13. The Labute approximate surface area is 153 Å². The van der Waals surface area contributed by atoms with Crippen molar-refractivity contribution in [3.63, 3.8) is 0 Å². The molecule has 0 fully saturated rings. The number of guanidine groups is 1. The smallest absolute Gasteiger partial charge is 0.191 e. The molecular formula is C14H22Cl2IN3O. The van der Waals surface area contributed by atoms with Crippen molar-refractivity contribution in [2.75, 3.05) is 20.3 Å². The molecule has 0 aliphatic carbocycles. The molecule has 0 saturated heterocycles. The average molecular weight is 446 g/mol. The molecule has 21 heavy (non-hydrogen) atoms. The summed E-state index contributed by atoms with van der Waals surface area (Å²) in [5.74, 6) is 0.739.